The maximum absolute atomic E-state index is 13.1. The zero-order valence-corrected chi connectivity index (χ0v) is 8.68. The predicted molar refractivity (Wildman–Crippen MR) is 57.4 cm³/mol. The summed E-state index contributed by atoms with van der Waals surface area (Å²) in [7, 11) is 0. The van der Waals surface area contributed by atoms with Gasteiger partial charge in [0, 0.05) is 11.7 Å². The Kier molecular flexibility index (Phi) is 3.47. The van der Waals surface area contributed by atoms with Crippen molar-refractivity contribution < 1.29 is 4.39 Å². The fraction of sp³-hybridized carbons (Fsp3) is 0.455. The van der Waals surface area contributed by atoms with E-state index >= 15 is 0 Å². The molecule has 0 saturated heterocycles. The summed E-state index contributed by atoms with van der Waals surface area (Å²) >= 11 is 0. The maximum Gasteiger partial charge on any atom is 0.123 e. The summed E-state index contributed by atoms with van der Waals surface area (Å²) in [5.74, 6) is -0.266. The van der Waals surface area contributed by atoms with Gasteiger partial charge in [-0.2, -0.15) is 0 Å². The van der Waals surface area contributed by atoms with Gasteiger partial charge in [0.2, 0.25) is 0 Å². The van der Waals surface area contributed by atoms with E-state index in [4.69, 9.17) is 11.5 Å². The number of nitrogen functional groups attached to an aromatic ring is 1. The van der Waals surface area contributed by atoms with Crippen LogP contribution in [0.15, 0.2) is 12.1 Å². The van der Waals surface area contributed by atoms with Crippen LogP contribution in [0.4, 0.5) is 10.1 Å². The quantitative estimate of drug-likeness (QED) is 0.730. The highest BCUT2D eigenvalue weighted by Gasteiger charge is 2.11. The fourth-order valence-electron chi connectivity index (χ4n) is 1.55. The van der Waals surface area contributed by atoms with Crippen molar-refractivity contribution >= 4 is 5.69 Å². The molecule has 1 rings (SSSR count). The van der Waals surface area contributed by atoms with Gasteiger partial charge in [-0.25, -0.2) is 4.39 Å². The summed E-state index contributed by atoms with van der Waals surface area (Å²) < 4.78 is 13.1. The number of rotatable bonds is 3. The van der Waals surface area contributed by atoms with Crippen LogP contribution in [-0.4, -0.2) is 0 Å². The molecule has 1 aromatic carbocycles. The fourth-order valence-corrected chi connectivity index (χ4v) is 1.55. The van der Waals surface area contributed by atoms with Gasteiger partial charge < -0.3 is 11.5 Å². The van der Waals surface area contributed by atoms with Crippen molar-refractivity contribution in [3.63, 3.8) is 0 Å². The number of anilines is 1. The summed E-state index contributed by atoms with van der Waals surface area (Å²) in [4.78, 5) is 0. The van der Waals surface area contributed by atoms with E-state index in [9.17, 15) is 4.39 Å². The summed E-state index contributed by atoms with van der Waals surface area (Å²) in [6.45, 7) is 3.84. The van der Waals surface area contributed by atoms with E-state index in [2.05, 4.69) is 0 Å². The van der Waals surface area contributed by atoms with Gasteiger partial charge in [0.15, 0.2) is 0 Å². The molecule has 0 fully saturated rings. The number of nitrogens with two attached hydrogens (primary N) is 2. The third-order valence-corrected chi connectivity index (χ3v) is 2.38. The van der Waals surface area contributed by atoms with Crippen LogP contribution < -0.4 is 11.5 Å². The lowest BCUT2D eigenvalue weighted by molar-refractivity contribution is 0.605. The van der Waals surface area contributed by atoms with Gasteiger partial charge in [0.05, 0.1) is 0 Å². The Balaban J connectivity index is 3.07. The van der Waals surface area contributed by atoms with E-state index in [0.29, 0.717) is 5.69 Å². The molecule has 0 amide bonds. The second-order valence-electron chi connectivity index (χ2n) is 3.62. The van der Waals surface area contributed by atoms with E-state index in [1.807, 2.05) is 6.92 Å². The molecule has 1 aromatic rings. The zero-order chi connectivity index (χ0) is 10.7. The summed E-state index contributed by atoms with van der Waals surface area (Å²) in [6, 6.07) is 2.70. The van der Waals surface area contributed by atoms with Crippen molar-refractivity contribution in [1.82, 2.24) is 0 Å². The van der Waals surface area contributed by atoms with E-state index in [1.165, 1.54) is 12.1 Å². The van der Waals surface area contributed by atoms with E-state index in [0.717, 1.165) is 24.0 Å². The highest BCUT2D eigenvalue weighted by atomic mass is 19.1. The Morgan fingerprint density at radius 3 is 2.64 bits per heavy atom. The normalized spacial score (nSPS) is 12.9. The van der Waals surface area contributed by atoms with Crippen LogP contribution in [0.2, 0.25) is 0 Å². The molecule has 0 heterocycles. The molecule has 78 valence electrons. The predicted octanol–water partition coefficient (Wildman–Crippen LogP) is 2.52. The number of hydrogen-bond donors (Lipinski definition) is 2. The van der Waals surface area contributed by atoms with Crippen molar-refractivity contribution in [3.8, 4) is 0 Å². The Hall–Kier alpha value is -1.09. The molecule has 14 heavy (non-hydrogen) atoms. The summed E-state index contributed by atoms with van der Waals surface area (Å²) in [6.07, 6.45) is 1.79. The Morgan fingerprint density at radius 2 is 2.07 bits per heavy atom. The van der Waals surface area contributed by atoms with Crippen molar-refractivity contribution in [3.05, 3.63) is 29.1 Å². The van der Waals surface area contributed by atoms with Crippen LogP contribution in [0, 0.1) is 12.7 Å². The molecule has 0 aliphatic carbocycles. The highest BCUT2D eigenvalue weighted by Crippen LogP contribution is 2.26. The largest absolute Gasteiger partial charge is 0.398 e. The third kappa shape index (κ3) is 2.23. The SMILES string of the molecule is CCC[C@H](N)c1cc(F)cc(C)c1N. The maximum atomic E-state index is 13.1. The molecule has 0 saturated carbocycles. The van der Waals surface area contributed by atoms with Gasteiger partial charge in [-0.1, -0.05) is 13.3 Å². The minimum absolute atomic E-state index is 0.158. The first-order chi connectivity index (χ1) is 6.56. The number of benzene rings is 1. The summed E-state index contributed by atoms with van der Waals surface area (Å²) in [5, 5.41) is 0. The molecular weight excluding hydrogens is 179 g/mol. The molecule has 0 unspecified atom stereocenters. The lowest BCUT2D eigenvalue weighted by atomic mass is 9.99. The van der Waals surface area contributed by atoms with Gasteiger partial charge in [-0.15, -0.1) is 0 Å². The van der Waals surface area contributed by atoms with E-state index < -0.39 is 0 Å². The van der Waals surface area contributed by atoms with Crippen LogP contribution in [0.3, 0.4) is 0 Å². The van der Waals surface area contributed by atoms with Crippen molar-refractivity contribution in [1.29, 1.82) is 0 Å². The molecule has 0 aromatic heterocycles. The Bertz CT molecular complexity index is 323. The first-order valence-electron chi connectivity index (χ1n) is 4.87. The number of hydrogen-bond acceptors (Lipinski definition) is 2. The molecule has 3 heteroatoms. The average Bonchev–Trinajstić information content (AvgIpc) is 2.11. The second kappa shape index (κ2) is 4.42. The topological polar surface area (TPSA) is 52.0 Å². The van der Waals surface area contributed by atoms with Crippen LogP contribution in [-0.2, 0) is 0 Å². The molecular formula is C11H17FN2. The van der Waals surface area contributed by atoms with Gasteiger partial charge >= 0.3 is 0 Å². The second-order valence-corrected chi connectivity index (χ2v) is 3.62. The molecule has 0 aliphatic heterocycles. The van der Waals surface area contributed by atoms with Crippen LogP contribution in [0.5, 0.6) is 0 Å². The van der Waals surface area contributed by atoms with Crippen LogP contribution >= 0.6 is 0 Å². The first kappa shape index (κ1) is 11.0. The molecule has 0 radical (unpaired) electrons. The number of aryl methyl sites for hydroxylation is 1. The van der Waals surface area contributed by atoms with Gasteiger partial charge in [0.1, 0.15) is 5.82 Å². The molecule has 2 nitrogen and oxygen atoms in total. The van der Waals surface area contributed by atoms with Crippen molar-refractivity contribution in [2.24, 2.45) is 5.73 Å². The van der Waals surface area contributed by atoms with E-state index in [1.54, 1.807) is 6.92 Å². The molecule has 0 spiro atoms. The molecule has 4 N–H and O–H groups in total. The Labute approximate surface area is 84.1 Å². The summed E-state index contributed by atoms with van der Waals surface area (Å²) in [5.41, 5.74) is 13.8. The van der Waals surface area contributed by atoms with E-state index in [-0.39, 0.29) is 11.9 Å². The molecule has 1 atom stereocenters. The number of halogens is 1. The standard InChI is InChI=1S/C11H17FN2/c1-3-4-10(13)9-6-8(12)5-7(2)11(9)14/h5-6,10H,3-4,13-14H2,1-2H3/t10-/m0/s1. The van der Waals surface area contributed by atoms with Crippen molar-refractivity contribution in [2.75, 3.05) is 5.73 Å². The van der Waals surface area contributed by atoms with Gasteiger partial charge in [-0.3, -0.25) is 0 Å². The smallest absolute Gasteiger partial charge is 0.123 e. The third-order valence-electron chi connectivity index (χ3n) is 2.38. The van der Waals surface area contributed by atoms with Crippen LogP contribution in [0.1, 0.15) is 36.9 Å². The lowest BCUT2D eigenvalue weighted by Crippen LogP contribution is -2.13. The molecule has 0 aliphatic rings. The van der Waals surface area contributed by atoms with Gasteiger partial charge in [-0.05, 0) is 36.6 Å². The monoisotopic (exact) mass is 196 g/mol. The van der Waals surface area contributed by atoms with Crippen molar-refractivity contribution in [2.45, 2.75) is 32.7 Å². The van der Waals surface area contributed by atoms with Crippen LogP contribution in [0.25, 0.3) is 0 Å². The highest BCUT2D eigenvalue weighted by molar-refractivity contribution is 5.54. The minimum Gasteiger partial charge on any atom is -0.398 e. The zero-order valence-electron chi connectivity index (χ0n) is 8.68. The average molecular weight is 196 g/mol. The Morgan fingerprint density at radius 1 is 1.43 bits per heavy atom. The molecule has 0 bridgehead atoms. The van der Waals surface area contributed by atoms with Gasteiger partial charge in [0.25, 0.3) is 0 Å². The minimum atomic E-state index is -0.266. The first-order valence-corrected chi connectivity index (χ1v) is 4.87. The lowest BCUT2D eigenvalue weighted by Gasteiger charge is -2.15.